The van der Waals surface area contributed by atoms with Gasteiger partial charge in [0.15, 0.2) is 0 Å². The molecule has 1 aliphatic rings. The van der Waals surface area contributed by atoms with E-state index >= 15 is 0 Å². The Morgan fingerprint density at radius 2 is 1.94 bits per heavy atom. The van der Waals surface area contributed by atoms with E-state index < -0.39 is 0 Å². The van der Waals surface area contributed by atoms with Crippen molar-refractivity contribution in [2.75, 3.05) is 6.54 Å². The molecule has 0 atom stereocenters. The van der Waals surface area contributed by atoms with Crippen molar-refractivity contribution in [3.05, 3.63) is 52.0 Å². The molecule has 1 aliphatic carbocycles. The molecule has 0 unspecified atom stereocenters. The maximum atomic E-state index is 6.05. The van der Waals surface area contributed by atoms with Gasteiger partial charge in [0.25, 0.3) is 0 Å². The number of fused-ring (bicyclic) bond motifs is 1. The average molecular weight is 244 g/mol. The quantitative estimate of drug-likeness (QED) is 0.900. The third-order valence-corrected chi connectivity index (χ3v) is 4.49. The minimum Gasteiger partial charge on any atom is -0.330 e. The number of thiazole rings is 1. The second-order valence-corrected chi connectivity index (χ2v) is 5.94. The van der Waals surface area contributed by atoms with Crippen LogP contribution in [0.3, 0.4) is 0 Å². The number of nitrogens with zero attached hydrogens (tertiary/aromatic N) is 1. The molecule has 0 spiro atoms. The van der Waals surface area contributed by atoms with Crippen LogP contribution in [0.5, 0.6) is 0 Å². The molecule has 3 rings (SSSR count). The van der Waals surface area contributed by atoms with Gasteiger partial charge in [0.1, 0.15) is 0 Å². The summed E-state index contributed by atoms with van der Waals surface area (Å²) in [6, 6.07) is 8.72. The van der Waals surface area contributed by atoms with E-state index in [1.165, 1.54) is 16.0 Å². The zero-order valence-corrected chi connectivity index (χ0v) is 10.5. The summed E-state index contributed by atoms with van der Waals surface area (Å²) in [4.78, 5) is 5.51. The van der Waals surface area contributed by atoms with Gasteiger partial charge < -0.3 is 5.73 Å². The first-order valence-corrected chi connectivity index (χ1v) is 6.84. The monoisotopic (exact) mass is 244 g/mol. The van der Waals surface area contributed by atoms with Crippen LogP contribution in [0.4, 0.5) is 0 Å². The van der Waals surface area contributed by atoms with Crippen LogP contribution in [-0.4, -0.2) is 11.5 Å². The molecule has 0 radical (unpaired) electrons. The summed E-state index contributed by atoms with van der Waals surface area (Å²) in [6.45, 7) is 0.750. The van der Waals surface area contributed by atoms with E-state index in [0.717, 1.165) is 25.8 Å². The van der Waals surface area contributed by atoms with Crippen LogP contribution in [-0.2, 0) is 19.3 Å². The van der Waals surface area contributed by atoms with Crippen molar-refractivity contribution in [3.63, 3.8) is 0 Å². The van der Waals surface area contributed by atoms with E-state index in [-0.39, 0.29) is 5.41 Å². The fourth-order valence-electron chi connectivity index (χ4n) is 2.81. The number of aromatic nitrogens is 1. The molecule has 2 nitrogen and oxygen atoms in total. The van der Waals surface area contributed by atoms with Crippen molar-refractivity contribution in [1.82, 2.24) is 4.98 Å². The van der Waals surface area contributed by atoms with Crippen LogP contribution >= 0.6 is 11.3 Å². The van der Waals surface area contributed by atoms with Gasteiger partial charge in [0, 0.05) is 11.1 Å². The first kappa shape index (κ1) is 10.9. The van der Waals surface area contributed by atoms with Crippen LogP contribution < -0.4 is 5.73 Å². The summed E-state index contributed by atoms with van der Waals surface area (Å²) in [7, 11) is 0. The maximum absolute atomic E-state index is 6.05. The summed E-state index contributed by atoms with van der Waals surface area (Å²) in [6.07, 6.45) is 5.25. The third-order valence-electron chi connectivity index (χ3n) is 3.71. The Kier molecular flexibility index (Phi) is 2.73. The second-order valence-electron chi connectivity index (χ2n) is 4.97. The zero-order chi connectivity index (χ0) is 11.7. The summed E-state index contributed by atoms with van der Waals surface area (Å²) in [5.41, 5.74) is 11.1. The molecule has 1 aromatic carbocycles. The van der Waals surface area contributed by atoms with Crippen LogP contribution in [0.15, 0.2) is 36.0 Å². The highest BCUT2D eigenvalue weighted by molar-refractivity contribution is 7.09. The minimum atomic E-state index is 0.218. The summed E-state index contributed by atoms with van der Waals surface area (Å²) in [5, 5.41) is 0. The molecule has 0 saturated heterocycles. The van der Waals surface area contributed by atoms with E-state index in [1.54, 1.807) is 11.3 Å². The second kappa shape index (κ2) is 4.24. The Balaban J connectivity index is 1.87. The van der Waals surface area contributed by atoms with Crippen molar-refractivity contribution in [2.24, 2.45) is 11.1 Å². The predicted molar refractivity (Wildman–Crippen MR) is 71.2 cm³/mol. The first-order valence-electron chi connectivity index (χ1n) is 5.96. The van der Waals surface area contributed by atoms with E-state index in [4.69, 9.17) is 5.73 Å². The van der Waals surface area contributed by atoms with E-state index in [2.05, 4.69) is 29.2 Å². The number of nitrogens with two attached hydrogens (primary N) is 1. The van der Waals surface area contributed by atoms with Gasteiger partial charge >= 0.3 is 0 Å². The van der Waals surface area contributed by atoms with Gasteiger partial charge in [-0.1, -0.05) is 24.3 Å². The minimum absolute atomic E-state index is 0.218. The smallest absolute Gasteiger partial charge is 0.0794 e. The van der Waals surface area contributed by atoms with Gasteiger partial charge in [0.2, 0.25) is 0 Å². The highest BCUT2D eigenvalue weighted by atomic mass is 32.1. The topological polar surface area (TPSA) is 38.9 Å². The third kappa shape index (κ3) is 2.01. The highest BCUT2D eigenvalue weighted by Crippen LogP contribution is 2.39. The van der Waals surface area contributed by atoms with Gasteiger partial charge in [-0.3, -0.25) is 4.98 Å². The average Bonchev–Trinajstić information content (AvgIpc) is 2.96. The molecular formula is C14H16N2S. The fourth-order valence-corrected chi connectivity index (χ4v) is 3.58. The molecule has 0 aliphatic heterocycles. The zero-order valence-electron chi connectivity index (χ0n) is 9.73. The maximum Gasteiger partial charge on any atom is 0.0794 e. The number of hydrogen-bond donors (Lipinski definition) is 1. The Morgan fingerprint density at radius 1 is 1.24 bits per heavy atom. The number of hydrogen-bond acceptors (Lipinski definition) is 3. The Bertz CT molecular complexity index is 474. The molecule has 0 amide bonds. The molecule has 0 fully saturated rings. The van der Waals surface area contributed by atoms with Crippen LogP contribution in [0.1, 0.15) is 16.0 Å². The van der Waals surface area contributed by atoms with E-state index in [0.29, 0.717) is 0 Å². The molecular weight excluding hydrogens is 228 g/mol. The molecule has 1 aromatic heterocycles. The van der Waals surface area contributed by atoms with Crippen molar-refractivity contribution in [1.29, 1.82) is 0 Å². The Hall–Kier alpha value is -1.19. The molecule has 17 heavy (non-hydrogen) atoms. The normalized spacial score (nSPS) is 17.0. The van der Waals surface area contributed by atoms with Crippen molar-refractivity contribution in [2.45, 2.75) is 19.3 Å². The Morgan fingerprint density at radius 3 is 2.47 bits per heavy atom. The highest BCUT2D eigenvalue weighted by Gasteiger charge is 2.36. The van der Waals surface area contributed by atoms with Crippen LogP contribution in [0.2, 0.25) is 0 Å². The molecule has 2 N–H and O–H groups in total. The van der Waals surface area contributed by atoms with Crippen molar-refractivity contribution in [3.8, 4) is 0 Å². The standard InChI is InChI=1S/C14H16N2S/c15-9-14(7-13-8-16-10-17-13)5-11-3-1-2-4-12(11)6-14/h1-4,8,10H,5-7,9,15H2. The summed E-state index contributed by atoms with van der Waals surface area (Å²) >= 11 is 1.74. The molecule has 2 aromatic rings. The van der Waals surface area contributed by atoms with E-state index in [9.17, 15) is 0 Å². The summed E-state index contributed by atoms with van der Waals surface area (Å²) in [5.74, 6) is 0. The lowest BCUT2D eigenvalue weighted by Crippen LogP contribution is -2.33. The van der Waals surface area contributed by atoms with Gasteiger partial charge in [-0.05, 0) is 42.3 Å². The van der Waals surface area contributed by atoms with E-state index in [1.807, 2.05) is 11.7 Å². The van der Waals surface area contributed by atoms with Gasteiger partial charge in [-0.15, -0.1) is 11.3 Å². The number of benzene rings is 1. The fraction of sp³-hybridized carbons (Fsp3) is 0.357. The lowest BCUT2D eigenvalue weighted by Gasteiger charge is -2.26. The van der Waals surface area contributed by atoms with Gasteiger partial charge in [-0.2, -0.15) is 0 Å². The van der Waals surface area contributed by atoms with Crippen LogP contribution in [0, 0.1) is 5.41 Å². The lowest BCUT2D eigenvalue weighted by atomic mass is 9.81. The SMILES string of the molecule is NCC1(Cc2cncs2)Cc2ccccc2C1. The predicted octanol–water partition coefficient (Wildman–Crippen LogP) is 2.43. The Labute approximate surface area is 106 Å². The van der Waals surface area contributed by atoms with Gasteiger partial charge in [-0.25, -0.2) is 0 Å². The van der Waals surface area contributed by atoms with Gasteiger partial charge in [0.05, 0.1) is 5.51 Å². The molecule has 88 valence electrons. The van der Waals surface area contributed by atoms with Crippen LogP contribution in [0.25, 0.3) is 0 Å². The molecule has 0 saturated carbocycles. The largest absolute Gasteiger partial charge is 0.330 e. The lowest BCUT2D eigenvalue weighted by molar-refractivity contribution is 0.317. The molecule has 0 bridgehead atoms. The van der Waals surface area contributed by atoms with Crippen molar-refractivity contribution < 1.29 is 0 Å². The molecule has 1 heterocycles. The van der Waals surface area contributed by atoms with Crippen molar-refractivity contribution >= 4 is 11.3 Å². The number of rotatable bonds is 3. The first-order chi connectivity index (χ1) is 8.31. The molecule has 3 heteroatoms. The summed E-state index contributed by atoms with van der Waals surface area (Å²) < 4.78 is 0.